The molecule has 1 aromatic carbocycles. The average molecular weight is 285 g/mol. The van der Waals surface area contributed by atoms with Crippen LogP contribution in [0.5, 0.6) is 0 Å². The van der Waals surface area contributed by atoms with Gasteiger partial charge < -0.3 is 0 Å². The van der Waals surface area contributed by atoms with Gasteiger partial charge in [-0.1, -0.05) is 35.9 Å². The van der Waals surface area contributed by atoms with Gasteiger partial charge in [0.2, 0.25) is 0 Å². The van der Waals surface area contributed by atoms with Crippen molar-refractivity contribution in [2.45, 2.75) is 13.0 Å². The molecule has 102 valence electrons. The predicted octanol–water partition coefficient (Wildman–Crippen LogP) is 4.02. The van der Waals surface area contributed by atoms with Gasteiger partial charge in [-0.2, -0.15) is 0 Å². The third-order valence-corrected chi connectivity index (χ3v) is 3.83. The van der Waals surface area contributed by atoms with Gasteiger partial charge in [0, 0.05) is 37.1 Å². The summed E-state index contributed by atoms with van der Waals surface area (Å²) in [6.45, 7) is 3.05. The molecule has 2 nitrogen and oxygen atoms in total. The van der Waals surface area contributed by atoms with E-state index in [0.29, 0.717) is 0 Å². The topological polar surface area (TPSA) is 16.1 Å². The van der Waals surface area contributed by atoms with Crippen molar-refractivity contribution in [3.63, 3.8) is 0 Å². The van der Waals surface area contributed by atoms with Gasteiger partial charge in [-0.25, -0.2) is 0 Å². The van der Waals surface area contributed by atoms with Crippen LogP contribution in [-0.2, 0) is 6.54 Å². The largest absolute Gasteiger partial charge is 0.295 e. The molecular formula is C17H17ClN2. The molecule has 0 spiro atoms. The zero-order valence-corrected chi connectivity index (χ0v) is 12.1. The fourth-order valence-electron chi connectivity index (χ4n) is 2.55. The molecule has 0 unspecified atom stereocenters. The molecule has 0 saturated carbocycles. The first-order valence-electron chi connectivity index (χ1n) is 6.87. The molecule has 2 aromatic rings. The molecule has 1 aliphatic rings. The van der Waals surface area contributed by atoms with Crippen LogP contribution in [0.25, 0.3) is 5.57 Å². The highest BCUT2D eigenvalue weighted by Crippen LogP contribution is 2.21. The molecule has 0 atom stereocenters. The first kappa shape index (κ1) is 13.3. The fraction of sp³-hybridized carbons (Fsp3) is 0.235. The van der Waals surface area contributed by atoms with Crippen LogP contribution >= 0.6 is 11.6 Å². The Balaban J connectivity index is 1.68. The highest BCUT2D eigenvalue weighted by atomic mass is 35.5. The molecule has 3 rings (SSSR count). The van der Waals surface area contributed by atoms with E-state index in [1.54, 1.807) is 0 Å². The molecule has 20 heavy (non-hydrogen) atoms. The van der Waals surface area contributed by atoms with Gasteiger partial charge in [-0.15, -0.1) is 0 Å². The van der Waals surface area contributed by atoms with Crippen LogP contribution < -0.4 is 0 Å². The number of nitrogens with zero attached hydrogens (tertiary/aromatic N) is 2. The van der Waals surface area contributed by atoms with E-state index >= 15 is 0 Å². The molecule has 0 amide bonds. The average Bonchev–Trinajstić information content (AvgIpc) is 2.51. The molecule has 3 heteroatoms. The first-order valence-corrected chi connectivity index (χ1v) is 7.25. The zero-order chi connectivity index (χ0) is 13.8. The second kappa shape index (κ2) is 6.21. The Morgan fingerprint density at radius 2 is 2.00 bits per heavy atom. The van der Waals surface area contributed by atoms with Crippen molar-refractivity contribution in [1.29, 1.82) is 0 Å². The smallest absolute Gasteiger partial charge is 0.0406 e. The van der Waals surface area contributed by atoms with Gasteiger partial charge in [0.05, 0.1) is 0 Å². The molecule has 0 fully saturated rings. The van der Waals surface area contributed by atoms with Crippen molar-refractivity contribution in [2.24, 2.45) is 0 Å². The van der Waals surface area contributed by atoms with Crippen molar-refractivity contribution in [3.05, 3.63) is 71.0 Å². The predicted molar refractivity (Wildman–Crippen MR) is 83.6 cm³/mol. The first-order chi connectivity index (χ1) is 9.81. The molecule has 0 N–H and O–H groups in total. The Labute approximate surface area is 124 Å². The highest BCUT2D eigenvalue weighted by molar-refractivity contribution is 6.30. The highest BCUT2D eigenvalue weighted by Gasteiger charge is 2.14. The van der Waals surface area contributed by atoms with Gasteiger partial charge in [0.1, 0.15) is 0 Å². The van der Waals surface area contributed by atoms with Crippen LogP contribution in [0.15, 0.2) is 54.9 Å². The van der Waals surface area contributed by atoms with E-state index in [0.717, 1.165) is 31.1 Å². The Bertz CT molecular complexity index is 590. The van der Waals surface area contributed by atoms with E-state index in [9.17, 15) is 0 Å². The molecule has 1 aliphatic heterocycles. The second-order valence-corrected chi connectivity index (χ2v) is 5.53. The quantitative estimate of drug-likeness (QED) is 0.846. The van der Waals surface area contributed by atoms with Gasteiger partial charge in [-0.05, 0) is 41.3 Å². The molecular weight excluding hydrogens is 268 g/mol. The maximum Gasteiger partial charge on any atom is 0.0406 e. The van der Waals surface area contributed by atoms with Gasteiger partial charge in [0.15, 0.2) is 0 Å². The fourth-order valence-corrected chi connectivity index (χ4v) is 2.68. The van der Waals surface area contributed by atoms with Gasteiger partial charge in [0.25, 0.3) is 0 Å². The van der Waals surface area contributed by atoms with Gasteiger partial charge >= 0.3 is 0 Å². The zero-order valence-electron chi connectivity index (χ0n) is 11.3. The van der Waals surface area contributed by atoms with Crippen molar-refractivity contribution in [1.82, 2.24) is 9.88 Å². The summed E-state index contributed by atoms with van der Waals surface area (Å²) in [5.41, 5.74) is 3.91. The molecule has 0 saturated heterocycles. The van der Waals surface area contributed by atoms with E-state index in [1.165, 1.54) is 16.7 Å². The number of aromatic nitrogens is 1. The van der Waals surface area contributed by atoms with Crippen molar-refractivity contribution in [2.75, 3.05) is 13.1 Å². The minimum absolute atomic E-state index is 0.795. The summed E-state index contributed by atoms with van der Waals surface area (Å²) in [6, 6.07) is 12.2. The molecule has 0 aliphatic carbocycles. The number of hydrogen-bond acceptors (Lipinski definition) is 2. The Morgan fingerprint density at radius 3 is 2.75 bits per heavy atom. The lowest BCUT2D eigenvalue weighted by Gasteiger charge is -2.27. The van der Waals surface area contributed by atoms with Crippen LogP contribution in [0.1, 0.15) is 17.5 Å². The lowest BCUT2D eigenvalue weighted by molar-refractivity contribution is 0.296. The maximum absolute atomic E-state index is 5.93. The molecule has 0 radical (unpaired) electrons. The number of halogens is 1. The Morgan fingerprint density at radius 1 is 1.15 bits per heavy atom. The summed E-state index contributed by atoms with van der Waals surface area (Å²) < 4.78 is 0. The lowest BCUT2D eigenvalue weighted by atomic mass is 10.0. The minimum atomic E-state index is 0.795. The number of hydrogen-bond donors (Lipinski definition) is 0. The van der Waals surface area contributed by atoms with Crippen LogP contribution in [0, 0.1) is 0 Å². The third-order valence-electron chi connectivity index (χ3n) is 3.58. The van der Waals surface area contributed by atoms with E-state index in [1.807, 2.05) is 30.6 Å². The standard InChI is InChI=1S/C17H17ClN2/c18-17-7-5-14(6-8-17)12-20-10-2-4-16(13-20)15-3-1-9-19-11-15/h1,3-9,11H,2,10,12-13H2. The monoisotopic (exact) mass is 284 g/mol. The van der Waals surface area contributed by atoms with Crippen LogP contribution in [0.4, 0.5) is 0 Å². The SMILES string of the molecule is Clc1ccc(CN2CCC=C(c3cccnc3)C2)cc1. The van der Waals surface area contributed by atoms with E-state index in [2.05, 4.69) is 34.2 Å². The van der Waals surface area contributed by atoms with Gasteiger partial charge in [-0.3, -0.25) is 9.88 Å². The number of benzene rings is 1. The molecule has 1 aromatic heterocycles. The van der Waals surface area contributed by atoms with Crippen LogP contribution in [-0.4, -0.2) is 23.0 Å². The number of pyridine rings is 1. The van der Waals surface area contributed by atoms with Crippen molar-refractivity contribution < 1.29 is 0 Å². The second-order valence-electron chi connectivity index (χ2n) is 5.10. The summed E-state index contributed by atoms with van der Waals surface area (Å²) >= 11 is 5.93. The number of rotatable bonds is 3. The minimum Gasteiger partial charge on any atom is -0.295 e. The maximum atomic E-state index is 5.93. The third kappa shape index (κ3) is 3.27. The van der Waals surface area contributed by atoms with Crippen LogP contribution in [0.3, 0.4) is 0 Å². The Kier molecular flexibility index (Phi) is 4.14. The van der Waals surface area contributed by atoms with E-state index in [4.69, 9.17) is 11.6 Å². The molecule has 2 heterocycles. The van der Waals surface area contributed by atoms with E-state index < -0.39 is 0 Å². The van der Waals surface area contributed by atoms with Crippen LogP contribution in [0.2, 0.25) is 5.02 Å². The lowest BCUT2D eigenvalue weighted by Crippen LogP contribution is -2.29. The molecule has 0 bridgehead atoms. The van der Waals surface area contributed by atoms with Crippen molar-refractivity contribution >= 4 is 17.2 Å². The van der Waals surface area contributed by atoms with Crippen molar-refractivity contribution in [3.8, 4) is 0 Å². The summed E-state index contributed by atoms with van der Waals surface area (Å²) in [6.07, 6.45) is 7.18. The van der Waals surface area contributed by atoms with E-state index in [-0.39, 0.29) is 0 Å². The summed E-state index contributed by atoms with van der Waals surface area (Å²) in [7, 11) is 0. The summed E-state index contributed by atoms with van der Waals surface area (Å²) in [5, 5.41) is 0.795. The summed E-state index contributed by atoms with van der Waals surface area (Å²) in [5.74, 6) is 0. The Hall–Kier alpha value is -1.64. The summed E-state index contributed by atoms with van der Waals surface area (Å²) in [4.78, 5) is 6.67. The normalized spacial score (nSPS) is 15.9.